The zero-order valence-electron chi connectivity index (χ0n) is 15.7. The van der Waals surface area contributed by atoms with Crippen LogP contribution in [0.5, 0.6) is 0 Å². The van der Waals surface area contributed by atoms with Crippen molar-refractivity contribution >= 4 is 11.9 Å². The number of aromatic nitrogens is 3. The standard InChI is InChI=1S/C20H15F3N6O/c1-29-18(30)20(27-19(29)24,11-4-6-25-13(7-11)10-21)12-8-14(17(23)15(22)9-12)16-3-2-5-26-28-16/h2-9H,10H2,1H3,(H2,24,27). The zero-order chi connectivity index (χ0) is 21.5. The van der Waals surface area contributed by atoms with E-state index < -0.39 is 29.8 Å². The molecule has 0 spiro atoms. The fourth-order valence-corrected chi connectivity index (χ4v) is 3.39. The number of carbonyl (C=O) groups excluding carboxylic acids is 1. The molecule has 1 amide bonds. The number of nitrogens with zero attached hydrogens (tertiary/aromatic N) is 5. The minimum Gasteiger partial charge on any atom is -0.369 e. The molecule has 1 atom stereocenters. The first-order valence-corrected chi connectivity index (χ1v) is 8.81. The molecule has 1 aliphatic rings. The van der Waals surface area contributed by atoms with Gasteiger partial charge in [-0.1, -0.05) is 0 Å². The van der Waals surface area contributed by atoms with E-state index in [1.54, 1.807) is 0 Å². The number of aliphatic imine (C=N–C) groups is 1. The molecule has 2 N–H and O–H groups in total. The summed E-state index contributed by atoms with van der Waals surface area (Å²) in [7, 11) is 1.41. The summed E-state index contributed by atoms with van der Waals surface area (Å²) >= 11 is 0. The highest BCUT2D eigenvalue weighted by atomic mass is 19.2. The van der Waals surface area contributed by atoms with Crippen LogP contribution in [0.15, 0.2) is 53.8 Å². The molecule has 0 saturated carbocycles. The Hall–Kier alpha value is -3.82. The molecular weight excluding hydrogens is 397 g/mol. The number of hydrogen-bond donors (Lipinski definition) is 1. The molecule has 152 valence electrons. The maximum absolute atomic E-state index is 14.6. The molecular formula is C20H15F3N6O. The van der Waals surface area contributed by atoms with E-state index in [1.165, 1.54) is 49.8 Å². The number of amides is 1. The number of nitrogens with two attached hydrogens (primary N) is 1. The van der Waals surface area contributed by atoms with Crippen LogP contribution in [0.2, 0.25) is 0 Å². The van der Waals surface area contributed by atoms with Gasteiger partial charge < -0.3 is 5.73 Å². The number of likely N-dealkylation sites (N-methyl/N-ethyl adjacent to an activating group) is 1. The highest BCUT2D eigenvalue weighted by molar-refractivity contribution is 6.09. The summed E-state index contributed by atoms with van der Waals surface area (Å²) in [6.45, 7) is -0.879. The monoisotopic (exact) mass is 412 g/mol. The van der Waals surface area contributed by atoms with Gasteiger partial charge in [0, 0.05) is 25.0 Å². The summed E-state index contributed by atoms with van der Waals surface area (Å²) in [6, 6.07) is 7.91. The van der Waals surface area contributed by atoms with Gasteiger partial charge in [0.15, 0.2) is 23.1 Å². The van der Waals surface area contributed by atoms with Gasteiger partial charge in [-0.15, -0.1) is 0 Å². The van der Waals surface area contributed by atoms with Gasteiger partial charge in [0.2, 0.25) is 0 Å². The van der Waals surface area contributed by atoms with Crippen LogP contribution < -0.4 is 5.73 Å². The highest BCUT2D eigenvalue weighted by Crippen LogP contribution is 2.41. The van der Waals surface area contributed by atoms with Crippen molar-refractivity contribution in [2.24, 2.45) is 10.7 Å². The van der Waals surface area contributed by atoms with Crippen LogP contribution in [0.3, 0.4) is 0 Å². The number of guanidine groups is 1. The van der Waals surface area contributed by atoms with Gasteiger partial charge in [-0.2, -0.15) is 10.2 Å². The maximum Gasteiger partial charge on any atom is 0.266 e. The predicted octanol–water partition coefficient (Wildman–Crippen LogP) is 2.32. The molecule has 0 saturated heterocycles. The van der Waals surface area contributed by atoms with Crippen molar-refractivity contribution in [2.75, 3.05) is 7.05 Å². The molecule has 10 heteroatoms. The van der Waals surface area contributed by atoms with Crippen molar-refractivity contribution in [3.05, 3.63) is 77.2 Å². The van der Waals surface area contributed by atoms with Crippen molar-refractivity contribution < 1.29 is 18.0 Å². The first-order chi connectivity index (χ1) is 14.4. The van der Waals surface area contributed by atoms with Gasteiger partial charge in [0.25, 0.3) is 5.91 Å². The largest absolute Gasteiger partial charge is 0.369 e. The Bertz CT molecular complexity index is 1170. The highest BCUT2D eigenvalue weighted by Gasteiger charge is 2.50. The third-order valence-electron chi connectivity index (χ3n) is 4.91. The van der Waals surface area contributed by atoms with Gasteiger partial charge in [-0.05, 0) is 47.5 Å². The Morgan fingerprint density at radius 2 is 1.93 bits per heavy atom. The van der Waals surface area contributed by atoms with Crippen LogP contribution in [0.4, 0.5) is 13.2 Å². The van der Waals surface area contributed by atoms with Gasteiger partial charge in [-0.25, -0.2) is 18.2 Å². The van der Waals surface area contributed by atoms with E-state index >= 15 is 0 Å². The number of benzene rings is 1. The molecule has 1 unspecified atom stereocenters. The van der Waals surface area contributed by atoms with Crippen molar-refractivity contribution in [2.45, 2.75) is 12.2 Å². The quantitative estimate of drug-likeness (QED) is 0.709. The Kier molecular flexibility index (Phi) is 4.69. The van der Waals surface area contributed by atoms with E-state index in [0.717, 1.165) is 11.0 Å². The molecule has 0 radical (unpaired) electrons. The Balaban J connectivity index is 2.02. The zero-order valence-corrected chi connectivity index (χ0v) is 15.7. The van der Waals surface area contributed by atoms with Crippen molar-refractivity contribution in [3.63, 3.8) is 0 Å². The molecule has 4 rings (SSSR count). The predicted molar refractivity (Wildman–Crippen MR) is 102 cm³/mol. The Labute approximate surface area is 169 Å². The molecule has 3 heterocycles. The second kappa shape index (κ2) is 7.21. The van der Waals surface area contributed by atoms with Crippen molar-refractivity contribution in [1.29, 1.82) is 0 Å². The first-order valence-electron chi connectivity index (χ1n) is 8.81. The Morgan fingerprint density at radius 3 is 2.57 bits per heavy atom. The number of hydrogen-bond acceptors (Lipinski definition) is 6. The minimum atomic E-state index is -1.84. The van der Waals surface area contributed by atoms with Crippen molar-refractivity contribution in [1.82, 2.24) is 20.1 Å². The number of halogens is 3. The third-order valence-corrected chi connectivity index (χ3v) is 4.91. The molecule has 0 aliphatic carbocycles. The molecule has 1 aromatic carbocycles. The lowest BCUT2D eigenvalue weighted by atomic mass is 9.82. The Morgan fingerprint density at radius 1 is 1.13 bits per heavy atom. The lowest BCUT2D eigenvalue weighted by molar-refractivity contribution is -0.129. The molecule has 2 aromatic heterocycles. The first kappa shape index (κ1) is 19.5. The average molecular weight is 412 g/mol. The second-order valence-electron chi connectivity index (χ2n) is 6.64. The molecule has 30 heavy (non-hydrogen) atoms. The summed E-state index contributed by atoms with van der Waals surface area (Å²) in [5.74, 6) is -3.08. The minimum absolute atomic E-state index is 0.00959. The van der Waals surface area contributed by atoms with Crippen LogP contribution in [-0.4, -0.2) is 39.0 Å². The smallest absolute Gasteiger partial charge is 0.266 e. The van der Waals surface area contributed by atoms with E-state index in [2.05, 4.69) is 20.2 Å². The number of alkyl halides is 1. The fourth-order valence-electron chi connectivity index (χ4n) is 3.39. The van der Waals surface area contributed by atoms with E-state index in [0.29, 0.717) is 0 Å². The summed E-state index contributed by atoms with van der Waals surface area (Å²) < 4.78 is 42.5. The normalized spacial score (nSPS) is 18.6. The third kappa shape index (κ3) is 2.88. The van der Waals surface area contributed by atoms with Crippen LogP contribution in [0.1, 0.15) is 16.8 Å². The topological polar surface area (TPSA) is 97.4 Å². The average Bonchev–Trinajstić information content (AvgIpc) is 3.01. The maximum atomic E-state index is 14.6. The lowest BCUT2D eigenvalue weighted by Gasteiger charge is -2.27. The molecule has 3 aromatic rings. The van der Waals surface area contributed by atoms with Gasteiger partial charge in [-0.3, -0.25) is 14.7 Å². The molecule has 1 aliphatic heterocycles. The van der Waals surface area contributed by atoms with E-state index in [1.807, 2.05) is 0 Å². The van der Waals surface area contributed by atoms with Crippen LogP contribution in [-0.2, 0) is 17.0 Å². The van der Waals surface area contributed by atoms with Gasteiger partial charge >= 0.3 is 0 Å². The van der Waals surface area contributed by atoms with Crippen molar-refractivity contribution in [3.8, 4) is 11.3 Å². The number of pyridine rings is 1. The van der Waals surface area contributed by atoms with E-state index in [9.17, 15) is 18.0 Å². The molecule has 7 nitrogen and oxygen atoms in total. The van der Waals surface area contributed by atoms with Gasteiger partial charge in [0.05, 0.1) is 11.4 Å². The van der Waals surface area contributed by atoms with Crippen LogP contribution in [0, 0.1) is 11.6 Å². The van der Waals surface area contributed by atoms with E-state index in [4.69, 9.17) is 5.73 Å². The molecule has 0 bridgehead atoms. The van der Waals surface area contributed by atoms with Crippen LogP contribution >= 0.6 is 0 Å². The van der Waals surface area contributed by atoms with E-state index in [-0.39, 0.29) is 34.0 Å². The summed E-state index contributed by atoms with van der Waals surface area (Å²) in [4.78, 5) is 22.5. The SMILES string of the molecule is CN1C(=O)C(c2ccnc(CF)c2)(c2cc(F)c(F)c(-c3cccnn3)c2)N=C1N. The van der Waals surface area contributed by atoms with Gasteiger partial charge in [0.1, 0.15) is 6.67 Å². The number of rotatable bonds is 4. The molecule has 0 fully saturated rings. The summed E-state index contributed by atoms with van der Waals surface area (Å²) in [5.41, 5.74) is 4.20. The summed E-state index contributed by atoms with van der Waals surface area (Å²) in [6.07, 6.45) is 2.70. The van der Waals surface area contributed by atoms with Crippen LogP contribution in [0.25, 0.3) is 11.3 Å². The second-order valence-corrected chi connectivity index (χ2v) is 6.64. The fraction of sp³-hybridized carbons (Fsp3) is 0.150. The lowest BCUT2D eigenvalue weighted by Crippen LogP contribution is -2.41. The number of carbonyl (C=O) groups is 1. The summed E-state index contributed by atoms with van der Waals surface area (Å²) in [5, 5.41) is 7.50.